The van der Waals surface area contributed by atoms with Crippen LogP contribution in [-0.4, -0.2) is 9.67 Å². The fraction of sp³-hybridized carbons (Fsp3) is 0.0667. The first-order valence-electron chi connectivity index (χ1n) is 5.65. The topological polar surface area (TPSA) is 25.2 Å². The quantitative estimate of drug-likeness (QED) is 0.707. The van der Waals surface area contributed by atoms with Gasteiger partial charge in [0.2, 0.25) is 0 Å². The van der Waals surface area contributed by atoms with Gasteiger partial charge in [-0.2, -0.15) is 0 Å². The van der Waals surface area contributed by atoms with E-state index < -0.39 is 0 Å². The molecule has 0 unspecified atom stereocenters. The maximum absolute atomic E-state index is 9.77. The second kappa shape index (κ2) is 3.98. The highest BCUT2D eigenvalue weighted by Crippen LogP contribution is 2.21. The summed E-state index contributed by atoms with van der Waals surface area (Å²) < 4.78 is 2.14. The number of hydrogen-bond acceptors (Lipinski definition) is 1. The van der Waals surface area contributed by atoms with Crippen molar-refractivity contribution in [1.29, 1.82) is 0 Å². The molecule has 17 heavy (non-hydrogen) atoms. The van der Waals surface area contributed by atoms with E-state index in [1.807, 2.05) is 30.3 Å². The summed E-state index contributed by atoms with van der Waals surface area (Å²) in [6.45, 7) is 0.695. The van der Waals surface area contributed by atoms with Gasteiger partial charge in [0.25, 0.3) is 0 Å². The average molecular weight is 223 g/mol. The molecule has 2 aromatic carbocycles. The molecular formula is C15H13NO. The second-order valence-electron chi connectivity index (χ2n) is 4.13. The Morgan fingerprint density at radius 2 is 1.65 bits per heavy atom. The third kappa shape index (κ3) is 1.78. The van der Waals surface area contributed by atoms with Crippen molar-refractivity contribution in [3.8, 4) is 5.75 Å². The first-order valence-corrected chi connectivity index (χ1v) is 5.65. The minimum Gasteiger partial charge on any atom is -0.508 e. The number of hydrogen-bond donors (Lipinski definition) is 1. The van der Waals surface area contributed by atoms with Crippen molar-refractivity contribution in [1.82, 2.24) is 4.57 Å². The van der Waals surface area contributed by atoms with Gasteiger partial charge in [0.05, 0.1) is 6.54 Å². The fourth-order valence-electron chi connectivity index (χ4n) is 2.11. The molecule has 2 nitrogen and oxygen atoms in total. The average Bonchev–Trinajstić information content (AvgIpc) is 2.76. The van der Waals surface area contributed by atoms with E-state index in [9.17, 15) is 5.11 Å². The lowest BCUT2D eigenvalue weighted by Crippen LogP contribution is -1.97. The lowest BCUT2D eigenvalue weighted by Gasteiger charge is -2.07. The highest BCUT2D eigenvalue weighted by Gasteiger charge is 2.03. The van der Waals surface area contributed by atoms with Crippen molar-refractivity contribution >= 4 is 10.9 Å². The molecule has 0 bridgehead atoms. The number of benzene rings is 2. The van der Waals surface area contributed by atoms with Crippen LogP contribution in [0.2, 0.25) is 0 Å². The molecule has 0 amide bonds. The van der Waals surface area contributed by atoms with Crippen molar-refractivity contribution in [3.63, 3.8) is 0 Å². The first kappa shape index (κ1) is 9.97. The Bertz CT molecular complexity index is 655. The largest absolute Gasteiger partial charge is 0.508 e. The third-order valence-electron chi connectivity index (χ3n) is 3.01. The third-order valence-corrected chi connectivity index (χ3v) is 3.01. The van der Waals surface area contributed by atoms with Crippen LogP contribution < -0.4 is 0 Å². The summed E-state index contributed by atoms with van der Waals surface area (Å²) in [6, 6.07) is 17.8. The van der Waals surface area contributed by atoms with E-state index in [0.717, 1.165) is 5.56 Å². The molecule has 0 saturated heterocycles. The van der Waals surface area contributed by atoms with Crippen LogP contribution in [0.5, 0.6) is 5.75 Å². The van der Waals surface area contributed by atoms with E-state index in [-0.39, 0.29) is 0 Å². The molecular weight excluding hydrogens is 210 g/mol. The Morgan fingerprint density at radius 3 is 2.53 bits per heavy atom. The van der Waals surface area contributed by atoms with Gasteiger partial charge in [-0.3, -0.25) is 0 Å². The molecule has 1 aromatic heterocycles. The van der Waals surface area contributed by atoms with E-state index >= 15 is 0 Å². The van der Waals surface area contributed by atoms with Crippen LogP contribution in [0.1, 0.15) is 5.56 Å². The van der Waals surface area contributed by atoms with Gasteiger partial charge in [-0.25, -0.2) is 0 Å². The predicted molar refractivity (Wildman–Crippen MR) is 69.1 cm³/mol. The lowest BCUT2D eigenvalue weighted by molar-refractivity contribution is 0.466. The molecule has 0 radical (unpaired) electrons. The maximum atomic E-state index is 9.77. The number of aromatic nitrogens is 1. The van der Waals surface area contributed by atoms with Gasteiger partial charge in [-0.15, -0.1) is 0 Å². The summed E-state index contributed by atoms with van der Waals surface area (Å²) in [4.78, 5) is 0. The minimum atomic E-state index is 0.352. The molecule has 1 heterocycles. The summed E-state index contributed by atoms with van der Waals surface area (Å²) in [5.74, 6) is 0.352. The Labute approximate surface area is 99.7 Å². The number of aromatic hydroxyl groups is 1. The molecule has 0 spiro atoms. The fourth-order valence-corrected chi connectivity index (χ4v) is 2.11. The molecule has 3 aromatic rings. The molecule has 0 aliphatic carbocycles. The van der Waals surface area contributed by atoms with Gasteiger partial charge < -0.3 is 9.67 Å². The summed E-state index contributed by atoms with van der Waals surface area (Å²) in [7, 11) is 0. The van der Waals surface area contributed by atoms with Gasteiger partial charge in [-0.1, -0.05) is 36.4 Å². The van der Waals surface area contributed by atoms with Crippen LogP contribution in [0.25, 0.3) is 10.9 Å². The van der Waals surface area contributed by atoms with E-state index in [0.29, 0.717) is 12.3 Å². The number of fused-ring (bicyclic) bond motifs is 1. The molecule has 0 aliphatic rings. The first-order chi connectivity index (χ1) is 8.34. The summed E-state index contributed by atoms with van der Waals surface area (Å²) in [6.07, 6.45) is 2.05. The summed E-state index contributed by atoms with van der Waals surface area (Å²) in [5, 5.41) is 11.0. The molecule has 0 atom stereocenters. The zero-order valence-corrected chi connectivity index (χ0v) is 9.38. The standard InChI is InChI=1S/C15H13NO/c17-15-8-4-2-6-13(15)11-16-10-9-12-5-1-3-7-14(12)16/h1-10,17H,11H2. The van der Waals surface area contributed by atoms with Gasteiger partial charge in [0, 0.05) is 17.3 Å². The Balaban J connectivity index is 2.03. The zero-order chi connectivity index (χ0) is 11.7. The van der Waals surface area contributed by atoms with Crippen molar-refractivity contribution in [2.75, 3.05) is 0 Å². The van der Waals surface area contributed by atoms with Crippen molar-refractivity contribution in [2.24, 2.45) is 0 Å². The molecule has 1 N–H and O–H groups in total. The number of phenols is 1. The van der Waals surface area contributed by atoms with Crippen LogP contribution in [0.15, 0.2) is 60.8 Å². The molecule has 0 saturated carbocycles. The molecule has 2 heteroatoms. The summed E-state index contributed by atoms with van der Waals surface area (Å²) >= 11 is 0. The number of para-hydroxylation sites is 2. The van der Waals surface area contributed by atoms with E-state index in [1.54, 1.807) is 6.07 Å². The van der Waals surface area contributed by atoms with Gasteiger partial charge >= 0.3 is 0 Å². The Kier molecular flexibility index (Phi) is 2.33. The van der Waals surface area contributed by atoms with Gasteiger partial charge in [0.1, 0.15) is 5.75 Å². The highest BCUT2D eigenvalue weighted by atomic mass is 16.3. The molecule has 0 fully saturated rings. The molecule has 0 aliphatic heterocycles. The predicted octanol–water partition coefficient (Wildman–Crippen LogP) is 3.40. The Morgan fingerprint density at radius 1 is 0.882 bits per heavy atom. The lowest BCUT2D eigenvalue weighted by atomic mass is 10.2. The number of phenolic OH excluding ortho intramolecular Hbond substituents is 1. The van der Waals surface area contributed by atoms with Crippen molar-refractivity contribution < 1.29 is 5.11 Å². The van der Waals surface area contributed by atoms with E-state index in [4.69, 9.17) is 0 Å². The normalized spacial score (nSPS) is 10.8. The monoisotopic (exact) mass is 223 g/mol. The van der Waals surface area contributed by atoms with Gasteiger partial charge in [-0.05, 0) is 23.6 Å². The van der Waals surface area contributed by atoms with Crippen LogP contribution >= 0.6 is 0 Å². The molecule has 3 rings (SSSR count). The van der Waals surface area contributed by atoms with Crippen LogP contribution in [0.3, 0.4) is 0 Å². The van der Waals surface area contributed by atoms with Crippen LogP contribution in [0.4, 0.5) is 0 Å². The van der Waals surface area contributed by atoms with Crippen molar-refractivity contribution in [2.45, 2.75) is 6.54 Å². The molecule has 84 valence electrons. The maximum Gasteiger partial charge on any atom is 0.120 e. The number of rotatable bonds is 2. The van der Waals surface area contributed by atoms with E-state index in [1.165, 1.54) is 10.9 Å². The SMILES string of the molecule is Oc1ccccc1Cn1ccc2ccccc21. The van der Waals surface area contributed by atoms with Crippen molar-refractivity contribution in [3.05, 3.63) is 66.4 Å². The number of nitrogens with zero attached hydrogens (tertiary/aromatic N) is 1. The van der Waals surface area contributed by atoms with Crippen LogP contribution in [-0.2, 0) is 6.54 Å². The summed E-state index contributed by atoms with van der Waals surface area (Å²) in [5.41, 5.74) is 2.13. The van der Waals surface area contributed by atoms with Crippen LogP contribution in [0, 0.1) is 0 Å². The Hall–Kier alpha value is -2.22. The zero-order valence-electron chi connectivity index (χ0n) is 9.38. The minimum absolute atomic E-state index is 0.352. The van der Waals surface area contributed by atoms with Gasteiger partial charge in [0.15, 0.2) is 0 Å². The highest BCUT2D eigenvalue weighted by molar-refractivity contribution is 5.80. The second-order valence-corrected chi connectivity index (χ2v) is 4.13. The van der Waals surface area contributed by atoms with E-state index in [2.05, 4.69) is 29.0 Å². The smallest absolute Gasteiger partial charge is 0.120 e.